The molecule has 0 aliphatic carbocycles. The summed E-state index contributed by atoms with van der Waals surface area (Å²) in [6.07, 6.45) is 0.447. The summed E-state index contributed by atoms with van der Waals surface area (Å²) >= 11 is 12.7. The first-order valence-electron chi connectivity index (χ1n) is 11.1. The molecule has 35 heavy (non-hydrogen) atoms. The van der Waals surface area contributed by atoms with Crippen molar-refractivity contribution in [2.24, 2.45) is 10.7 Å². The maximum absolute atomic E-state index is 13.0. The predicted molar refractivity (Wildman–Crippen MR) is 140 cm³/mol. The normalized spacial score (nSPS) is 18.1. The second-order valence-corrected chi connectivity index (χ2v) is 9.32. The van der Waals surface area contributed by atoms with E-state index in [1.807, 2.05) is 35.2 Å². The Hall–Kier alpha value is -2.85. The van der Waals surface area contributed by atoms with Crippen molar-refractivity contribution >= 4 is 52.4 Å². The zero-order chi connectivity index (χ0) is 25.5. The van der Waals surface area contributed by atoms with Crippen LogP contribution in [-0.2, 0) is 20.9 Å². The molecule has 1 saturated heterocycles. The molecule has 1 fully saturated rings. The minimum Gasteiger partial charge on any atom is -0.380 e. The van der Waals surface area contributed by atoms with Gasteiger partial charge in [-0.15, -0.1) is 0 Å². The molecule has 2 amide bonds. The van der Waals surface area contributed by atoms with Crippen molar-refractivity contribution < 1.29 is 14.3 Å². The number of likely N-dealkylation sites (N-methyl/N-ethyl adjacent to an activating group) is 1. The number of methoxy groups -OCH3 is 1. The highest BCUT2D eigenvalue weighted by atomic mass is 35.5. The maximum Gasteiger partial charge on any atom is 0.271 e. The SMILES string of the molecule is CO[C@@H]1C[C@@H](C(=O)/N=C(\N)NCc2cc(Cl)c(NC(=O)CN(C)C)c(Cl)c2)N(c2ccccc2)C1. The number of ether oxygens (including phenoxy) is 1. The number of rotatable bonds is 8. The number of nitrogens with one attached hydrogen (secondary N) is 2. The van der Waals surface area contributed by atoms with Gasteiger partial charge < -0.3 is 30.9 Å². The van der Waals surface area contributed by atoms with E-state index in [0.29, 0.717) is 34.3 Å². The number of carbonyl (C=O) groups is 2. The molecule has 2 atom stereocenters. The molecule has 0 spiro atoms. The minimum absolute atomic E-state index is 0.0144. The molecule has 1 heterocycles. The van der Waals surface area contributed by atoms with E-state index in [0.717, 1.165) is 5.69 Å². The molecule has 1 aliphatic rings. The van der Waals surface area contributed by atoms with E-state index in [1.165, 1.54) is 0 Å². The third kappa shape index (κ3) is 7.32. The second kappa shape index (κ2) is 12.2. The van der Waals surface area contributed by atoms with Crippen molar-refractivity contribution in [2.45, 2.75) is 25.1 Å². The van der Waals surface area contributed by atoms with E-state index in [1.54, 1.807) is 38.2 Å². The molecule has 0 bridgehead atoms. The summed E-state index contributed by atoms with van der Waals surface area (Å²) in [5.41, 5.74) is 7.98. The lowest BCUT2D eigenvalue weighted by Crippen LogP contribution is -2.38. The van der Waals surface area contributed by atoms with Crippen LogP contribution >= 0.6 is 23.2 Å². The topological polar surface area (TPSA) is 112 Å². The van der Waals surface area contributed by atoms with Gasteiger partial charge >= 0.3 is 0 Å². The molecule has 0 unspecified atom stereocenters. The van der Waals surface area contributed by atoms with Gasteiger partial charge in [0.15, 0.2) is 5.96 Å². The molecule has 0 saturated carbocycles. The zero-order valence-corrected chi connectivity index (χ0v) is 21.4. The van der Waals surface area contributed by atoms with Gasteiger partial charge in [0.2, 0.25) is 5.91 Å². The first-order valence-corrected chi connectivity index (χ1v) is 11.8. The lowest BCUT2D eigenvalue weighted by Gasteiger charge is -2.24. The van der Waals surface area contributed by atoms with Crippen molar-refractivity contribution in [1.82, 2.24) is 10.2 Å². The highest BCUT2D eigenvalue weighted by molar-refractivity contribution is 6.39. The predicted octanol–water partition coefficient (Wildman–Crippen LogP) is 2.72. The summed E-state index contributed by atoms with van der Waals surface area (Å²) < 4.78 is 5.49. The first-order chi connectivity index (χ1) is 16.7. The molecular weight excluding hydrogens is 491 g/mol. The summed E-state index contributed by atoms with van der Waals surface area (Å²) in [4.78, 5) is 32.8. The summed E-state index contributed by atoms with van der Waals surface area (Å²) in [7, 11) is 5.21. The van der Waals surface area contributed by atoms with Crippen molar-refractivity contribution in [2.75, 3.05) is 44.5 Å². The molecular formula is C24H30Cl2N6O3. The Balaban J connectivity index is 1.64. The molecule has 0 aromatic heterocycles. The van der Waals surface area contributed by atoms with Crippen LogP contribution in [0.15, 0.2) is 47.5 Å². The van der Waals surface area contributed by atoms with Gasteiger partial charge in [-0.2, -0.15) is 4.99 Å². The fourth-order valence-corrected chi connectivity index (χ4v) is 4.47. The zero-order valence-electron chi connectivity index (χ0n) is 19.9. The number of hydrogen-bond donors (Lipinski definition) is 3. The number of para-hydroxylation sites is 1. The quantitative estimate of drug-likeness (QED) is 0.362. The minimum atomic E-state index is -0.475. The molecule has 9 nitrogen and oxygen atoms in total. The number of aliphatic imine (C=N–C) groups is 1. The van der Waals surface area contributed by atoms with Crippen molar-refractivity contribution in [3.05, 3.63) is 58.1 Å². The number of halogens is 2. The lowest BCUT2D eigenvalue weighted by atomic mass is 10.2. The van der Waals surface area contributed by atoms with E-state index in [9.17, 15) is 9.59 Å². The van der Waals surface area contributed by atoms with Crippen LogP contribution in [0.2, 0.25) is 10.0 Å². The molecule has 2 aromatic rings. The third-order valence-electron chi connectivity index (χ3n) is 5.50. The average molecular weight is 521 g/mol. The molecule has 4 N–H and O–H groups in total. The Labute approximate surface area is 215 Å². The van der Waals surface area contributed by atoms with E-state index in [-0.39, 0.29) is 37.0 Å². The molecule has 188 valence electrons. The van der Waals surface area contributed by atoms with Crippen LogP contribution in [0.1, 0.15) is 12.0 Å². The van der Waals surface area contributed by atoms with Crippen LogP contribution in [0.4, 0.5) is 11.4 Å². The van der Waals surface area contributed by atoms with Gasteiger partial charge in [-0.25, -0.2) is 0 Å². The summed E-state index contributed by atoms with van der Waals surface area (Å²) in [6.45, 7) is 1.03. The van der Waals surface area contributed by atoms with Gasteiger partial charge in [-0.05, 0) is 43.9 Å². The molecule has 2 aromatic carbocycles. The Bertz CT molecular complexity index is 1060. The van der Waals surface area contributed by atoms with Crippen LogP contribution in [0.3, 0.4) is 0 Å². The Morgan fingerprint density at radius 3 is 2.46 bits per heavy atom. The van der Waals surface area contributed by atoms with E-state index >= 15 is 0 Å². The van der Waals surface area contributed by atoms with Gasteiger partial charge in [0.1, 0.15) is 6.04 Å². The number of hydrogen-bond acceptors (Lipinski definition) is 5. The molecule has 0 radical (unpaired) electrons. The number of amides is 2. The number of nitrogens with two attached hydrogens (primary N) is 1. The highest BCUT2D eigenvalue weighted by Gasteiger charge is 2.37. The van der Waals surface area contributed by atoms with Crippen molar-refractivity contribution in [3.63, 3.8) is 0 Å². The largest absolute Gasteiger partial charge is 0.380 e. The third-order valence-corrected chi connectivity index (χ3v) is 6.10. The van der Waals surface area contributed by atoms with Gasteiger partial charge in [0, 0.05) is 32.3 Å². The van der Waals surface area contributed by atoms with Crippen LogP contribution in [-0.4, -0.2) is 69.1 Å². The highest BCUT2D eigenvalue weighted by Crippen LogP contribution is 2.32. The number of anilines is 2. The summed E-state index contributed by atoms with van der Waals surface area (Å²) in [5, 5.41) is 6.22. The molecule has 1 aliphatic heterocycles. The van der Waals surface area contributed by atoms with E-state index in [4.69, 9.17) is 33.7 Å². The Morgan fingerprint density at radius 2 is 1.86 bits per heavy atom. The number of nitrogens with zero attached hydrogens (tertiary/aromatic N) is 3. The number of benzene rings is 2. The number of guanidine groups is 1. The van der Waals surface area contributed by atoms with E-state index < -0.39 is 6.04 Å². The van der Waals surface area contributed by atoms with Gasteiger partial charge in [0.05, 0.1) is 28.4 Å². The lowest BCUT2D eigenvalue weighted by molar-refractivity contribution is -0.119. The van der Waals surface area contributed by atoms with Crippen LogP contribution < -0.4 is 21.3 Å². The molecule has 11 heteroatoms. The van der Waals surface area contributed by atoms with Crippen LogP contribution in [0, 0.1) is 0 Å². The smallest absolute Gasteiger partial charge is 0.271 e. The monoisotopic (exact) mass is 520 g/mol. The average Bonchev–Trinajstić information content (AvgIpc) is 3.25. The van der Waals surface area contributed by atoms with Crippen molar-refractivity contribution in [1.29, 1.82) is 0 Å². The van der Waals surface area contributed by atoms with Crippen molar-refractivity contribution in [3.8, 4) is 0 Å². The fourth-order valence-electron chi connectivity index (χ4n) is 3.85. The summed E-state index contributed by atoms with van der Waals surface area (Å²) in [5.74, 6) is -0.598. The Kier molecular flexibility index (Phi) is 9.33. The van der Waals surface area contributed by atoms with Crippen LogP contribution in [0.5, 0.6) is 0 Å². The Morgan fingerprint density at radius 1 is 1.20 bits per heavy atom. The fraction of sp³-hybridized carbons (Fsp3) is 0.375. The second-order valence-electron chi connectivity index (χ2n) is 8.51. The van der Waals surface area contributed by atoms with Gasteiger partial charge in [0.25, 0.3) is 5.91 Å². The van der Waals surface area contributed by atoms with Gasteiger partial charge in [-0.3, -0.25) is 9.59 Å². The standard InChI is InChI=1S/C24H30Cl2N6O3/c1-31(2)14-21(33)29-22-18(25)9-15(10-19(22)26)12-28-24(27)30-23(34)20-11-17(35-3)13-32(20)16-7-5-4-6-8-16/h4-10,17,20H,11-14H2,1-3H3,(H,29,33)(H3,27,28,30,34)/t17-,20+/m1/s1. The van der Waals surface area contributed by atoms with E-state index in [2.05, 4.69) is 15.6 Å². The summed E-state index contributed by atoms with van der Waals surface area (Å²) in [6, 6.07) is 12.5. The molecule has 3 rings (SSSR count). The maximum atomic E-state index is 13.0. The first kappa shape index (κ1) is 26.7. The van der Waals surface area contributed by atoms with Crippen LogP contribution in [0.25, 0.3) is 0 Å². The number of carbonyl (C=O) groups excluding carboxylic acids is 2. The van der Waals surface area contributed by atoms with Gasteiger partial charge in [-0.1, -0.05) is 41.4 Å².